The molecule has 0 amide bonds. The molecule has 2 heterocycles. The van der Waals surface area contributed by atoms with Crippen LogP contribution in [0.5, 0.6) is 5.75 Å². The lowest BCUT2D eigenvalue weighted by Gasteiger charge is -2.21. The lowest BCUT2D eigenvalue weighted by atomic mass is 10.1. The van der Waals surface area contributed by atoms with Crippen LogP contribution in [0.2, 0.25) is 0 Å². The fourth-order valence-corrected chi connectivity index (χ4v) is 4.22. The van der Waals surface area contributed by atoms with E-state index in [0.29, 0.717) is 0 Å². The first-order chi connectivity index (χ1) is 15.3. The van der Waals surface area contributed by atoms with Crippen molar-refractivity contribution in [1.82, 2.24) is 9.55 Å². The number of benzene rings is 1. The lowest BCUT2D eigenvalue weighted by molar-refractivity contribution is -0.0548. The molecule has 3 rings (SSSR count). The zero-order valence-electron chi connectivity index (χ0n) is 17.3. The van der Waals surface area contributed by atoms with Crippen molar-refractivity contribution in [3.8, 4) is 17.6 Å². The number of hydrogen-bond donors (Lipinski definition) is 3. The van der Waals surface area contributed by atoms with E-state index in [1.807, 2.05) is 0 Å². The summed E-state index contributed by atoms with van der Waals surface area (Å²) in [5, 5.41) is 20.8. The Balaban J connectivity index is 1.77. The van der Waals surface area contributed by atoms with Crippen molar-refractivity contribution in [1.29, 1.82) is 0 Å². The molecule has 0 saturated carbocycles. The highest BCUT2D eigenvalue weighted by molar-refractivity contribution is 7.48. The molecule has 0 bridgehead atoms. The number of phosphoric acid groups is 1. The summed E-state index contributed by atoms with van der Waals surface area (Å²) in [6.45, 7) is 2.67. The van der Waals surface area contributed by atoms with Gasteiger partial charge in [0.25, 0.3) is 5.56 Å². The van der Waals surface area contributed by atoms with Crippen molar-refractivity contribution < 1.29 is 33.1 Å². The molecule has 11 nitrogen and oxygen atoms in total. The number of nitrogens with one attached hydrogen (secondary N) is 1. The quantitative estimate of drug-likeness (QED) is 0.379. The van der Waals surface area contributed by atoms with Gasteiger partial charge in [-0.05, 0) is 26.0 Å². The first kappa shape index (κ1) is 23.9. The van der Waals surface area contributed by atoms with E-state index in [4.69, 9.17) is 18.3 Å². The topological polar surface area (TPSA) is 149 Å². The minimum absolute atomic E-state index is 0.0193. The summed E-state index contributed by atoms with van der Waals surface area (Å²) in [5.74, 6) is 5.33. The Morgan fingerprint density at radius 3 is 2.56 bits per heavy atom. The number of aliphatic hydroxyl groups excluding tert-OH is 2. The number of para-hydroxylation sites is 1. The van der Waals surface area contributed by atoms with E-state index in [-0.39, 0.29) is 17.9 Å². The fourth-order valence-electron chi connectivity index (χ4n) is 3.02. The summed E-state index contributed by atoms with van der Waals surface area (Å²) in [7, 11) is -4.07. The second-order valence-electron chi connectivity index (χ2n) is 6.70. The molecule has 0 aliphatic carbocycles. The van der Waals surface area contributed by atoms with Crippen molar-refractivity contribution in [2.75, 3.05) is 13.2 Å². The number of aromatic nitrogens is 2. The van der Waals surface area contributed by atoms with Crippen molar-refractivity contribution in [2.45, 2.75) is 38.4 Å². The number of nitrogens with zero attached hydrogens (tertiary/aromatic N) is 1. The van der Waals surface area contributed by atoms with Crippen LogP contribution in [0.25, 0.3) is 0 Å². The molecule has 0 radical (unpaired) electrons. The minimum Gasteiger partial charge on any atom is -0.404 e. The van der Waals surface area contributed by atoms with Gasteiger partial charge in [-0.15, -0.1) is 5.92 Å². The van der Waals surface area contributed by atoms with Crippen LogP contribution in [0.3, 0.4) is 0 Å². The third-order valence-electron chi connectivity index (χ3n) is 4.48. The smallest absolute Gasteiger partial charge is 0.404 e. The number of H-pyrrole nitrogens is 1. The normalized spacial score (nSPS) is 24.4. The van der Waals surface area contributed by atoms with Crippen LogP contribution in [-0.4, -0.2) is 51.3 Å². The molecule has 1 aromatic carbocycles. The number of rotatable bonds is 8. The largest absolute Gasteiger partial charge is 0.530 e. The van der Waals surface area contributed by atoms with E-state index >= 15 is 0 Å². The molecule has 172 valence electrons. The Kier molecular flexibility index (Phi) is 7.69. The van der Waals surface area contributed by atoms with Gasteiger partial charge in [0.2, 0.25) is 0 Å². The average Bonchev–Trinajstić information content (AvgIpc) is 3.04. The van der Waals surface area contributed by atoms with Gasteiger partial charge in [0.1, 0.15) is 29.6 Å². The summed E-state index contributed by atoms with van der Waals surface area (Å²) < 4.78 is 35.2. The second-order valence-corrected chi connectivity index (χ2v) is 8.29. The molecule has 1 fully saturated rings. The minimum atomic E-state index is -4.07. The molecule has 1 aliphatic heterocycles. The van der Waals surface area contributed by atoms with E-state index in [9.17, 15) is 24.4 Å². The zero-order valence-corrected chi connectivity index (χ0v) is 18.2. The lowest BCUT2D eigenvalue weighted by Crippen LogP contribution is -2.38. The fraction of sp³-hybridized carbons (Fsp3) is 0.400. The number of ether oxygens (including phenoxy) is 1. The summed E-state index contributed by atoms with van der Waals surface area (Å²) in [6, 6.07) is 8.23. The van der Waals surface area contributed by atoms with E-state index < -0.39 is 50.2 Å². The molecular formula is C20H23N2O9P. The zero-order chi connectivity index (χ0) is 23.3. The molecular weight excluding hydrogens is 443 g/mol. The van der Waals surface area contributed by atoms with Crippen LogP contribution in [-0.2, 0) is 18.3 Å². The van der Waals surface area contributed by atoms with Gasteiger partial charge in [0.05, 0.1) is 13.2 Å². The Bertz CT molecular complexity index is 1150. The molecule has 0 spiro atoms. The third-order valence-corrected chi connectivity index (χ3v) is 5.96. The highest BCUT2D eigenvalue weighted by atomic mass is 31.2. The van der Waals surface area contributed by atoms with Gasteiger partial charge in [0.15, 0.2) is 6.23 Å². The van der Waals surface area contributed by atoms with Crippen molar-refractivity contribution in [3.63, 3.8) is 0 Å². The van der Waals surface area contributed by atoms with Crippen LogP contribution < -0.4 is 15.8 Å². The Labute approximate surface area is 183 Å². The predicted molar refractivity (Wildman–Crippen MR) is 112 cm³/mol. The van der Waals surface area contributed by atoms with Crippen molar-refractivity contribution in [3.05, 3.63) is 62.9 Å². The van der Waals surface area contributed by atoms with Gasteiger partial charge < -0.3 is 19.5 Å². The van der Waals surface area contributed by atoms with Gasteiger partial charge in [-0.2, -0.15) is 0 Å². The average molecular weight is 466 g/mol. The summed E-state index contributed by atoms with van der Waals surface area (Å²) in [5.41, 5.74) is -1.57. The Hall–Kier alpha value is -2.71. The monoisotopic (exact) mass is 466 g/mol. The van der Waals surface area contributed by atoms with E-state index in [1.54, 1.807) is 37.3 Å². The summed E-state index contributed by atoms with van der Waals surface area (Å²) in [6.07, 6.45) is -4.43. The Morgan fingerprint density at radius 1 is 1.19 bits per heavy atom. The molecule has 5 atom stereocenters. The summed E-state index contributed by atoms with van der Waals surface area (Å²) >= 11 is 0. The van der Waals surface area contributed by atoms with Gasteiger partial charge in [-0.25, -0.2) is 9.36 Å². The van der Waals surface area contributed by atoms with E-state index in [2.05, 4.69) is 16.8 Å². The highest BCUT2D eigenvalue weighted by Crippen LogP contribution is 2.50. The summed E-state index contributed by atoms with van der Waals surface area (Å²) in [4.78, 5) is 26.1. The standard InChI is InChI=1S/C20H23N2O9P/c1-3-8-13-11-22(20(26)21-18(13)25)19-17(24)16(23)15(30-19)12-29-32(27,28-4-2)31-14-9-6-5-7-10-14/h5-7,9-11,15-17,19,23-24H,4,12H2,1-2H3,(H,21,25,26)/t15-,16-,17+,19-,32?/m1/s1. The van der Waals surface area contributed by atoms with Gasteiger partial charge in [-0.3, -0.25) is 23.4 Å². The van der Waals surface area contributed by atoms with Crippen LogP contribution in [0.15, 0.2) is 46.1 Å². The van der Waals surface area contributed by atoms with E-state index in [1.165, 1.54) is 6.92 Å². The number of aromatic amines is 1. The maximum atomic E-state index is 12.9. The van der Waals surface area contributed by atoms with Crippen LogP contribution >= 0.6 is 7.82 Å². The molecule has 2 aromatic rings. The predicted octanol–water partition coefficient (Wildman–Crippen LogP) is 0.767. The highest BCUT2D eigenvalue weighted by Gasteiger charge is 2.45. The van der Waals surface area contributed by atoms with Crippen LogP contribution in [0.4, 0.5) is 0 Å². The van der Waals surface area contributed by atoms with Crippen LogP contribution in [0.1, 0.15) is 25.6 Å². The molecule has 12 heteroatoms. The van der Waals surface area contributed by atoms with E-state index in [0.717, 1.165) is 10.8 Å². The second kappa shape index (κ2) is 10.3. The Morgan fingerprint density at radius 2 is 1.91 bits per heavy atom. The maximum Gasteiger partial charge on any atom is 0.530 e. The van der Waals surface area contributed by atoms with Crippen molar-refractivity contribution in [2.24, 2.45) is 0 Å². The SMILES string of the molecule is CC#Cc1cn([C@@H]2O[C@H](COP(=O)(OCC)Oc3ccccc3)[C@@H](O)[C@@H]2O)c(=O)[nH]c1=O. The maximum absolute atomic E-state index is 12.9. The molecule has 1 saturated heterocycles. The molecule has 32 heavy (non-hydrogen) atoms. The van der Waals surface area contributed by atoms with Crippen LogP contribution in [0, 0.1) is 11.8 Å². The first-order valence-corrected chi connectivity index (χ1v) is 11.2. The molecule has 1 aliphatic rings. The van der Waals surface area contributed by atoms with Crippen molar-refractivity contribution >= 4 is 7.82 Å². The first-order valence-electron chi connectivity index (χ1n) is 9.71. The third kappa shape index (κ3) is 5.37. The van der Waals surface area contributed by atoms with Gasteiger partial charge in [-0.1, -0.05) is 24.1 Å². The molecule has 3 N–H and O–H groups in total. The number of phosphoric ester groups is 1. The van der Waals surface area contributed by atoms with Gasteiger partial charge in [0, 0.05) is 6.20 Å². The molecule has 1 aromatic heterocycles. The number of hydrogen-bond acceptors (Lipinski definition) is 9. The molecule has 1 unspecified atom stereocenters. The van der Waals surface area contributed by atoms with Gasteiger partial charge >= 0.3 is 13.5 Å². The number of aliphatic hydroxyl groups is 2.